The van der Waals surface area contributed by atoms with Crippen LogP contribution >= 0.6 is 15.9 Å². The lowest BCUT2D eigenvalue weighted by atomic mass is 9.80. The Morgan fingerprint density at radius 2 is 1.13 bits per heavy atom. The third-order valence-corrected chi connectivity index (χ3v) is 15.2. The summed E-state index contributed by atoms with van der Waals surface area (Å²) in [6.07, 6.45) is 14.0. The van der Waals surface area contributed by atoms with Gasteiger partial charge < -0.3 is 29.0 Å². The van der Waals surface area contributed by atoms with Gasteiger partial charge >= 0.3 is 19.3 Å². The van der Waals surface area contributed by atoms with E-state index in [0.29, 0.717) is 42.5 Å². The highest BCUT2D eigenvalue weighted by Crippen LogP contribution is 2.42. The van der Waals surface area contributed by atoms with Gasteiger partial charge in [-0.3, -0.25) is 9.80 Å². The highest BCUT2D eigenvalue weighted by Gasteiger charge is 2.52. The van der Waals surface area contributed by atoms with Gasteiger partial charge in [0.2, 0.25) is 0 Å². The molecule has 26 heteroatoms. The van der Waals surface area contributed by atoms with Crippen LogP contribution in [0.3, 0.4) is 0 Å². The minimum Gasteiger partial charge on any atom is -0.442 e. The lowest BCUT2D eigenvalue weighted by Crippen LogP contribution is -2.41. The number of aliphatic hydroxyl groups is 2. The lowest BCUT2D eigenvalue weighted by Gasteiger charge is -2.32. The average molecular weight is 1120 g/mol. The second-order valence-electron chi connectivity index (χ2n) is 21.7. The fraction of sp³-hybridized carbons (Fsp3) is 0.385. The molecule has 8 aromatic rings. The summed E-state index contributed by atoms with van der Waals surface area (Å²) in [4.78, 5) is 37.1. The van der Waals surface area contributed by atoms with Gasteiger partial charge in [0.1, 0.15) is 34.8 Å². The standard InChI is InChI=1S/C23H22N8O3.C16H23BN4O3.C13H11BrN4O2/c1-23(2,33)20-13-30(28-26-20)21-6-4-15(11-24-21)14-3-5-17-16(9-14)10-18-19(34-22(32)31(17)18)12-29-8-7-25-27-29;1-14(2,22)12-10-21(20-19-12)13-8-7-11(9-18-13)17-23-15(3,4)16(5,6)24-17;14-9-1-2-10-8(5-9)6-11-12(20-13(19)18(10)11)7-17-4-3-15-16-17/h3-9,11,13,18-19,33H,10,12H2,1-2H3;7-10,22H,1-6H3;1-5,11-12H,6-7H2/t18?,19-;;11?,12-/m0.0/s1. The van der Waals surface area contributed by atoms with Crippen LogP contribution in [0.1, 0.15) is 77.9 Å². The van der Waals surface area contributed by atoms with E-state index in [9.17, 15) is 19.8 Å². The predicted molar refractivity (Wildman–Crippen MR) is 285 cm³/mol. The summed E-state index contributed by atoms with van der Waals surface area (Å²) < 4.78 is 30.6. The van der Waals surface area contributed by atoms with Crippen LogP contribution in [0.15, 0.2) is 115 Å². The zero-order chi connectivity index (χ0) is 54.9. The Kier molecular flexibility index (Phi) is 13.3. The Morgan fingerprint density at radius 1 is 0.641 bits per heavy atom. The number of rotatable bonds is 10. The van der Waals surface area contributed by atoms with Gasteiger partial charge in [-0.2, -0.15) is 0 Å². The van der Waals surface area contributed by atoms with Crippen molar-refractivity contribution in [1.29, 1.82) is 0 Å². The maximum Gasteiger partial charge on any atom is 0.496 e. The number of anilines is 2. The van der Waals surface area contributed by atoms with Crippen LogP contribution in [0.5, 0.6) is 0 Å². The lowest BCUT2D eigenvalue weighted by molar-refractivity contribution is 0.00578. The molecule has 2 N–H and O–H groups in total. The van der Waals surface area contributed by atoms with Crippen molar-refractivity contribution in [3.05, 3.63) is 137 Å². The second-order valence-corrected chi connectivity index (χ2v) is 22.6. The maximum atomic E-state index is 12.6. The summed E-state index contributed by atoms with van der Waals surface area (Å²) in [5, 5.41) is 51.6. The van der Waals surface area contributed by atoms with E-state index < -0.39 is 18.3 Å². The Balaban J connectivity index is 0.000000129. The molecule has 4 atom stereocenters. The number of pyridine rings is 2. The van der Waals surface area contributed by atoms with Gasteiger partial charge in [-0.1, -0.05) is 48.9 Å². The number of hydrogen-bond donors (Lipinski definition) is 2. The zero-order valence-electron chi connectivity index (χ0n) is 44.0. The smallest absolute Gasteiger partial charge is 0.442 e. The summed E-state index contributed by atoms with van der Waals surface area (Å²) in [5.41, 5.74) is 4.97. The van der Waals surface area contributed by atoms with Crippen molar-refractivity contribution in [1.82, 2.24) is 69.9 Å². The van der Waals surface area contributed by atoms with Crippen LogP contribution < -0.4 is 15.3 Å². The van der Waals surface area contributed by atoms with Crippen molar-refractivity contribution in [3.8, 4) is 22.8 Å². The highest BCUT2D eigenvalue weighted by atomic mass is 79.9. The van der Waals surface area contributed by atoms with E-state index in [4.69, 9.17) is 18.8 Å². The predicted octanol–water partition coefficient (Wildman–Crippen LogP) is 5.28. The molecule has 13 rings (SSSR count). The molecule has 5 aliphatic heterocycles. The van der Waals surface area contributed by atoms with Gasteiger partial charge in [-0.05, 0) is 133 Å². The second kappa shape index (κ2) is 19.9. The Labute approximate surface area is 456 Å². The summed E-state index contributed by atoms with van der Waals surface area (Å²) in [6, 6.07) is 19.5. The third kappa shape index (κ3) is 10.3. The number of halogens is 1. The zero-order valence-corrected chi connectivity index (χ0v) is 45.6. The average Bonchev–Trinajstić information content (AvgIpc) is 4.46. The molecular weight excluding hydrogens is 1070 g/mol. The molecule has 3 fully saturated rings. The molecule has 6 aromatic heterocycles. The fourth-order valence-corrected chi connectivity index (χ4v) is 10.1. The van der Waals surface area contributed by atoms with Crippen LogP contribution in [0, 0.1) is 0 Å². The van der Waals surface area contributed by atoms with E-state index in [1.54, 1.807) is 96.4 Å². The molecule has 0 radical (unpaired) electrons. The van der Waals surface area contributed by atoms with Crippen LogP contribution in [0.2, 0.25) is 0 Å². The van der Waals surface area contributed by atoms with Gasteiger partial charge in [0.05, 0.1) is 72.5 Å². The van der Waals surface area contributed by atoms with Gasteiger partial charge in [0.25, 0.3) is 0 Å². The van der Waals surface area contributed by atoms with Crippen LogP contribution in [0.4, 0.5) is 21.0 Å². The molecule has 5 aliphatic rings. The molecule has 2 amide bonds. The molecule has 11 heterocycles. The molecule has 24 nitrogen and oxygen atoms in total. The first-order valence-electron chi connectivity index (χ1n) is 25.3. The Hall–Kier alpha value is -7.78. The minimum atomic E-state index is -1.07. The molecule has 0 bridgehead atoms. The van der Waals surface area contributed by atoms with E-state index >= 15 is 0 Å². The number of nitrogens with zero attached hydrogens (tertiary/aromatic N) is 16. The maximum absolute atomic E-state index is 12.6. The first kappa shape index (κ1) is 52.3. The largest absolute Gasteiger partial charge is 0.496 e. The van der Waals surface area contributed by atoms with E-state index in [-0.39, 0.29) is 47.7 Å². The molecule has 402 valence electrons. The number of amides is 2. The topological polar surface area (TPSA) is 267 Å². The Bertz CT molecular complexity index is 3450. The molecular formula is C52H56BBrN16O8. The fourth-order valence-electron chi connectivity index (χ4n) is 9.70. The van der Waals surface area contributed by atoms with E-state index in [2.05, 4.69) is 79.3 Å². The number of fused-ring (bicyclic) bond motifs is 6. The summed E-state index contributed by atoms with van der Waals surface area (Å²) in [5.74, 6) is 1.21. The molecule has 2 unspecified atom stereocenters. The van der Waals surface area contributed by atoms with Crippen molar-refractivity contribution in [3.63, 3.8) is 0 Å². The van der Waals surface area contributed by atoms with Gasteiger partial charge in [-0.25, -0.2) is 38.3 Å². The highest BCUT2D eigenvalue weighted by molar-refractivity contribution is 9.10. The van der Waals surface area contributed by atoms with Gasteiger partial charge in [0, 0.05) is 40.3 Å². The number of carbonyl (C=O) groups is 2. The monoisotopic (exact) mass is 1120 g/mol. The minimum absolute atomic E-state index is 0.0380. The normalized spacial score (nSPS) is 20.5. The number of benzene rings is 2. The number of cyclic esters (lactones) is 2. The van der Waals surface area contributed by atoms with E-state index in [1.807, 2.05) is 76.2 Å². The van der Waals surface area contributed by atoms with Gasteiger partial charge in [-0.15, -0.1) is 20.4 Å². The van der Waals surface area contributed by atoms with Crippen molar-refractivity contribution >= 4 is 52.1 Å². The SMILES string of the molecule is CC(C)(O)c1cn(-c2ccc(-c3ccc4c(c3)CC3[C@H](Cn5ccnn5)OC(=O)N43)cn2)nn1.CC(C)(O)c1cn(-c2ccc(B3OC(C)(C)C(C)(C)O3)cn2)nn1.O=C1O[C@@H](Cn2ccnn2)C2Cc3cc(Br)ccc3N12. The molecule has 0 saturated carbocycles. The van der Waals surface area contributed by atoms with Crippen molar-refractivity contribution in [2.24, 2.45) is 0 Å². The molecule has 78 heavy (non-hydrogen) atoms. The number of aromatic nitrogens is 14. The van der Waals surface area contributed by atoms with Crippen LogP contribution in [-0.4, -0.2) is 135 Å². The quantitative estimate of drug-likeness (QED) is 0.165. The first-order valence-corrected chi connectivity index (χ1v) is 26.1. The summed E-state index contributed by atoms with van der Waals surface area (Å²) >= 11 is 3.47. The number of ether oxygens (including phenoxy) is 2. The molecule has 0 aliphatic carbocycles. The number of hydrogen-bond acceptors (Lipinski definition) is 18. The molecule has 2 aromatic carbocycles. The summed E-state index contributed by atoms with van der Waals surface area (Å²) in [6.45, 7) is 15.7. The first-order chi connectivity index (χ1) is 37.1. The van der Waals surface area contributed by atoms with E-state index in [1.165, 1.54) is 14.9 Å². The number of carbonyl (C=O) groups excluding carboxylic acids is 2. The Morgan fingerprint density at radius 3 is 1.58 bits per heavy atom. The van der Waals surface area contributed by atoms with Crippen molar-refractivity contribution < 1.29 is 38.6 Å². The molecule has 0 spiro atoms. The van der Waals surface area contributed by atoms with Crippen LogP contribution in [-0.2, 0) is 55.9 Å². The van der Waals surface area contributed by atoms with Crippen LogP contribution in [0.25, 0.3) is 22.8 Å². The van der Waals surface area contributed by atoms with Gasteiger partial charge in [0.15, 0.2) is 11.6 Å². The van der Waals surface area contributed by atoms with Crippen molar-refractivity contribution in [2.45, 2.75) is 128 Å². The molecule has 3 saturated heterocycles. The van der Waals surface area contributed by atoms with Crippen molar-refractivity contribution in [2.75, 3.05) is 9.80 Å². The third-order valence-electron chi connectivity index (χ3n) is 14.7. The van der Waals surface area contributed by atoms with E-state index in [0.717, 1.165) is 44.4 Å². The summed E-state index contributed by atoms with van der Waals surface area (Å²) in [7, 11) is -0.445.